The highest BCUT2D eigenvalue weighted by Crippen LogP contribution is 2.31. The van der Waals surface area contributed by atoms with E-state index in [4.69, 9.17) is 16.7 Å². The van der Waals surface area contributed by atoms with E-state index in [9.17, 15) is 15.7 Å². The Morgan fingerprint density at radius 2 is 1.68 bits per heavy atom. The summed E-state index contributed by atoms with van der Waals surface area (Å²) in [6.07, 6.45) is 0. The Morgan fingerprint density at radius 1 is 1.03 bits per heavy atom. The Bertz CT molecular complexity index is 1130. The molecular formula is C21H21Cl2N5O3. The molecule has 1 aliphatic heterocycles. The smallest absolute Gasteiger partial charge is 0.369 e. The third-order valence-electron chi connectivity index (χ3n) is 5.39. The molecule has 1 saturated heterocycles. The molecule has 1 aromatic heterocycles. The van der Waals surface area contributed by atoms with Gasteiger partial charge in [-0.15, -0.1) is 17.1 Å². The molecule has 3 aromatic rings. The minimum absolute atomic E-state index is 0. The molecule has 0 saturated carbocycles. The average molecular weight is 462 g/mol. The summed E-state index contributed by atoms with van der Waals surface area (Å²) in [5, 5.41) is 45.2. The number of β-amino-alcohol motifs (C(OH)–C–C–N with tert-alkyl or cyclic N) is 1. The van der Waals surface area contributed by atoms with Crippen LogP contribution < -0.4 is 14.4 Å². The lowest BCUT2D eigenvalue weighted by molar-refractivity contribution is -0.622. The van der Waals surface area contributed by atoms with Crippen LogP contribution in [0.1, 0.15) is 5.69 Å². The highest BCUT2D eigenvalue weighted by molar-refractivity contribution is 6.34. The molecule has 1 aliphatic rings. The predicted octanol–water partition coefficient (Wildman–Crippen LogP) is 1.83. The van der Waals surface area contributed by atoms with E-state index in [0.29, 0.717) is 45.4 Å². The normalized spacial score (nSPS) is 14.3. The number of rotatable bonds is 4. The maximum atomic E-state index is 13.3. The van der Waals surface area contributed by atoms with E-state index in [1.165, 1.54) is 6.07 Å². The second-order valence-electron chi connectivity index (χ2n) is 7.11. The van der Waals surface area contributed by atoms with Crippen LogP contribution in [-0.2, 0) is 0 Å². The van der Waals surface area contributed by atoms with Gasteiger partial charge >= 0.3 is 11.4 Å². The molecule has 162 valence electrons. The van der Waals surface area contributed by atoms with Crippen molar-refractivity contribution in [3.05, 3.63) is 63.6 Å². The molecule has 1 fully saturated rings. The van der Waals surface area contributed by atoms with E-state index in [1.807, 2.05) is 6.07 Å². The SMILES string of the molecule is Cl.N#Cc1c(-c2ccccc2)[n+]([O-])c2cc(N3CCN(CCO)CC3)c(Cl)cc2[n+]1[O-]. The maximum Gasteiger partial charge on any atom is 0.369 e. The highest BCUT2D eigenvalue weighted by Gasteiger charge is 2.31. The van der Waals surface area contributed by atoms with Crippen molar-refractivity contribution in [1.29, 1.82) is 5.26 Å². The van der Waals surface area contributed by atoms with Crippen LogP contribution in [0, 0.1) is 21.7 Å². The van der Waals surface area contributed by atoms with Crippen LogP contribution >= 0.6 is 24.0 Å². The first-order valence-electron chi connectivity index (χ1n) is 9.61. The molecule has 31 heavy (non-hydrogen) atoms. The van der Waals surface area contributed by atoms with Crippen molar-refractivity contribution >= 4 is 40.7 Å². The van der Waals surface area contributed by atoms with Gasteiger partial charge in [-0.05, 0) is 12.1 Å². The third kappa shape index (κ3) is 4.18. The van der Waals surface area contributed by atoms with E-state index >= 15 is 0 Å². The Labute approximate surface area is 190 Å². The number of halogens is 2. The van der Waals surface area contributed by atoms with Gasteiger partial charge in [-0.25, -0.2) is 0 Å². The van der Waals surface area contributed by atoms with Gasteiger partial charge in [-0.1, -0.05) is 29.8 Å². The van der Waals surface area contributed by atoms with Crippen LogP contribution in [0.3, 0.4) is 0 Å². The number of aliphatic hydroxyl groups is 1. The van der Waals surface area contributed by atoms with Crippen LogP contribution in [-0.4, -0.2) is 49.3 Å². The largest absolute Gasteiger partial charge is 0.617 e. The van der Waals surface area contributed by atoms with Crippen LogP contribution in [0.4, 0.5) is 5.69 Å². The standard InChI is InChI=1S/C21H20ClN5O3.ClH/c22-16-12-18-19(13-17(16)25-8-6-24(7-9-25)10-11-28)27(30)21(20(14-23)26(18)29)15-4-2-1-3-5-15;/h1-5,12-13,28H,6-11H2;1H. The zero-order valence-corrected chi connectivity index (χ0v) is 18.1. The number of aliphatic hydroxyl groups excluding tert-OH is 1. The minimum atomic E-state index is -0.273. The molecule has 0 bridgehead atoms. The lowest BCUT2D eigenvalue weighted by Gasteiger charge is -2.36. The number of aromatic nitrogens is 2. The van der Waals surface area contributed by atoms with Gasteiger partial charge in [0, 0.05) is 44.9 Å². The number of hydrogen-bond donors (Lipinski definition) is 1. The first-order chi connectivity index (χ1) is 14.5. The van der Waals surface area contributed by atoms with E-state index in [0.717, 1.165) is 13.1 Å². The van der Waals surface area contributed by atoms with Crippen molar-refractivity contribution in [2.75, 3.05) is 44.2 Å². The highest BCUT2D eigenvalue weighted by atomic mass is 35.5. The molecule has 0 atom stereocenters. The summed E-state index contributed by atoms with van der Waals surface area (Å²) in [6.45, 7) is 3.62. The van der Waals surface area contributed by atoms with Gasteiger partial charge in [0.2, 0.25) is 0 Å². The number of hydrogen-bond acceptors (Lipinski definition) is 6. The number of benzene rings is 2. The number of fused-ring (bicyclic) bond motifs is 1. The van der Waals surface area contributed by atoms with Gasteiger partial charge < -0.3 is 20.4 Å². The Morgan fingerprint density at radius 3 is 2.29 bits per heavy atom. The number of anilines is 1. The fraction of sp³-hybridized carbons (Fsp3) is 0.286. The molecule has 1 N–H and O–H groups in total. The van der Waals surface area contributed by atoms with Crippen LogP contribution in [0.25, 0.3) is 22.3 Å². The van der Waals surface area contributed by atoms with Crippen molar-refractivity contribution in [3.8, 4) is 17.3 Å². The van der Waals surface area contributed by atoms with Gasteiger partial charge in [0.05, 0.1) is 22.9 Å². The molecule has 4 rings (SSSR count). The van der Waals surface area contributed by atoms with Gasteiger partial charge in [0.15, 0.2) is 6.07 Å². The van der Waals surface area contributed by atoms with Gasteiger partial charge in [-0.2, -0.15) is 9.99 Å². The quantitative estimate of drug-likeness (QED) is 0.469. The molecular weight excluding hydrogens is 441 g/mol. The predicted molar refractivity (Wildman–Crippen MR) is 120 cm³/mol. The molecule has 2 heterocycles. The second kappa shape index (κ2) is 9.54. The molecule has 8 nitrogen and oxygen atoms in total. The topological polar surface area (TPSA) is 104 Å². The van der Waals surface area contributed by atoms with E-state index in [2.05, 4.69) is 9.80 Å². The van der Waals surface area contributed by atoms with E-state index in [-0.39, 0.29) is 41.4 Å². The Kier molecular flexibility index (Phi) is 7.03. The molecule has 0 amide bonds. The van der Waals surface area contributed by atoms with E-state index in [1.54, 1.807) is 36.4 Å². The van der Waals surface area contributed by atoms with Crippen LogP contribution in [0.5, 0.6) is 0 Å². The molecule has 2 aromatic carbocycles. The van der Waals surface area contributed by atoms with Gasteiger partial charge in [-0.3, -0.25) is 4.90 Å². The number of piperazine rings is 1. The van der Waals surface area contributed by atoms with Crippen LogP contribution in [0.2, 0.25) is 5.02 Å². The average Bonchev–Trinajstić information content (AvgIpc) is 2.77. The summed E-state index contributed by atoms with van der Waals surface area (Å²) in [5.74, 6) is 0. The summed E-state index contributed by atoms with van der Waals surface area (Å²) in [7, 11) is 0. The van der Waals surface area contributed by atoms with Gasteiger partial charge in [0.25, 0.3) is 11.0 Å². The Hall–Kier alpha value is -2.83. The molecule has 0 radical (unpaired) electrons. The lowest BCUT2D eigenvalue weighted by atomic mass is 10.1. The number of nitriles is 1. The molecule has 10 heteroatoms. The first-order valence-corrected chi connectivity index (χ1v) is 9.99. The monoisotopic (exact) mass is 461 g/mol. The molecule has 0 spiro atoms. The zero-order chi connectivity index (χ0) is 21.3. The van der Waals surface area contributed by atoms with Crippen molar-refractivity contribution in [2.45, 2.75) is 0 Å². The van der Waals surface area contributed by atoms with Crippen molar-refractivity contribution < 1.29 is 14.6 Å². The Balaban J connectivity index is 0.00000272. The molecule has 0 unspecified atom stereocenters. The van der Waals surface area contributed by atoms with Crippen LogP contribution in [0.15, 0.2) is 42.5 Å². The fourth-order valence-corrected chi connectivity index (χ4v) is 4.12. The summed E-state index contributed by atoms with van der Waals surface area (Å²) in [4.78, 5) is 4.21. The van der Waals surface area contributed by atoms with Gasteiger partial charge in [0.1, 0.15) is 0 Å². The number of nitrogens with zero attached hydrogens (tertiary/aromatic N) is 5. The summed E-state index contributed by atoms with van der Waals surface area (Å²) in [6, 6.07) is 13.6. The zero-order valence-electron chi connectivity index (χ0n) is 16.6. The van der Waals surface area contributed by atoms with Crippen molar-refractivity contribution in [3.63, 3.8) is 0 Å². The fourth-order valence-electron chi connectivity index (χ4n) is 3.84. The minimum Gasteiger partial charge on any atom is -0.617 e. The summed E-state index contributed by atoms with van der Waals surface area (Å²) < 4.78 is 1.11. The second-order valence-corrected chi connectivity index (χ2v) is 7.52. The van der Waals surface area contributed by atoms with Crippen molar-refractivity contribution in [2.24, 2.45) is 0 Å². The third-order valence-corrected chi connectivity index (χ3v) is 5.70. The van der Waals surface area contributed by atoms with E-state index < -0.39 is 0 Å². The lowest BCUT2D eigenvalue weighted by Crippen LogP contribution is -2.47. The first kappa shape index (κ1) is 22.8. The summed E-state index contributed by atoms with van der Waals surface area (Å²) in [5.41, 5.74) is 1.10. The molecule has 0 aliphatic carbocycles. The summed E-state index contributed by atoms with van der Waals surface area (Å²) >= 11 is 6.47. The van der Waals surface area contributed by atoms with Crippen molar-refractivity contribution in [1.82, 2.24) is 4.90 Å². The maximum absolute atomic E-state index is 13.3.